The predicted molar refractivity (Wildman–Crippen MR) is 117 cm³/mol. The van der Waals surface area contributed by atoms with Crippen molar-refractivity contribution in [2.24, 2.45) is 11.3 Å². The molecule has 1 aliphatic heterocycles. The SMILES string of the molecule is C[C@@]12C(=O)N(c3ccc(Cl)c(Cl)c3)C(=O)[C@@H]1C1c3ccccc3C2c2ccccc21. The van der Waals surface area contributed by atoms with Crippen LogP contribution in [-0.2, 0) is 9.59 Å². The van der Waals surface area contributed by atoms with E-state index in [9.17, 15) is 9.59 Å². The molecular formula is C25H17Cl2NO2. The van der Waals surface area contributed by atoms with Crippen LogP contribution < -0.4 is 4.90 Å². The Bertz CT molecular complexity index is 1220. The van der Waals surface area contributed by atoms with Crippen molar-refractivity contribution >= 4 is 40.7 Å². The normalized spacial score (nSPS) is 28.4. The summed E-state index contributed by atoms with van der Waals surface area (Å²) in [6.07, 6.45) is 0. The zero-order valence-corrected chi connectivity index (χ0v) is 17.6. The Balaban J connectivity index is 1.61. The average molecular weight is 434 g/mol. The topological polar surface area (TPSA) is 37.4 Å². The van der Waals surface area contributed by atoms with Gasteiger partial charge in [-0.3, -0.25) is 9.59 Å². The molecule has 1 saturated heterocycles. The minimum atomic E-state index is -0.851. The lowest BCUT2D eigenvalue weighted by Gasteiger charge is -2.51. The molecule has 3 nitrogen and oxygen atoms in total. The standard InChI is InChI=1S/C25H17Cl2NO2/c1-25-21-16-8-4-2-6-14(16)20(15-7-3-5-9-17(15)21)22(25)23(29)28(24(25)30)13-10-11-18(26)19(27)12-13/h2-12,20-22H,1H3/t20?,21?,22-,25-/m0/s1. The highest BCUT2D eigenvalue weighted by Crippen LogP contribution is 2.67. The van der Waals surface area contributed by atoms with Crippen molar-refractivity contribution in [1.29, 1.82) is 0 Å². The minimum absolute atomic E-state index is 0.142. The molecule has 2 atom stereocenters. The number of halogens is 2. The summed E-state index contributed by atoms with van der Waals surface area (Å²) < 4.78 is 0. The molecule has 5 heteroatoms. The molecule has 0 saturated carbocycles. The summed E-state index contributed by atoms with van der Waals surface area (Å²) in [7, 11) is 0. The fourth-order valence-electron chi connectivity index (χ4n) is 5.98. The summed E-state index contributed by atoms with van der Waals surface area (Å²) >= 11 is 12.3. The molecule has 2 amide bonds. The summed E-state index contributed by atoms with van der Waals surface area (Å²) in [4.78, 5) is 29.0. The zero-order valence-electron chi connectivity index (χ0n) is 16.1. The number of carbonyl (C=O) groups excluding carboxylic acids is 2. The second kappa shape index (κ2) is 5.96. The number of nitrogens with zero attached hydrogens (tertiary/aromatic N) is 1. The molecule has 0 N–H and O–H groups in total. The number of hydrogen-bond acceptors (Lipinski definition) is 2. The Labute approximate surface area is 184 Å². The van der Waals surface area contributed by atoms with E-state index in [-0.39, 0.29) is 23.7 Å². The van der Waals surface area contributed by atoms with Crippen LogP contribution in [-0.4, -0.2) is 11.8 Å². The second-order valence-corrected chi connectivity index (χ2v) is 9.32. The Morgan fingerprint density at radius 1 is 0.800 bits per heavy atom. The largest absolute Gasteiger partial charge is 0.274 e. The zero-order chi connectivity index (χ0) is 20.8. The summed E-state index contributed by atoms with van der Waals surface area (Å²) in [6, 6.07) is 21.4. The van der Waals surface area contributed by atoms with Crippen LogP contribution in [0.25, 0.3) is 0 Å². The Morgan fingerprint density at radius 3 is 1.93 bits per heavy atom. The lowest BCUT2D eigenvalue weighted by atomic mass is 9.48. The molecule has 0 aromatic heterocycles. The Hall–Kier alpha value is -2.62. The highest BCUT2D eigenvalue weighted by atomic mass is 35.5. The molecule has 3 aliphatic carbocycles. The van der Waals surface area contributed by atoms with Crippen LogP contribution in [0.4, 0.5) is 5.69 Å². The Morgan fingerprint density at radius 2 is 1.37 bits per heavy atom. The molecule has 1 heterocycles. The molecular weight excluding hydrogens is 417 g/mol. The van der Waals surface area contributed by atoms with Crippen LogP contribution in [0.2, 0.25) is 10.0 Å². The Kier molecular flexibility index (Phi) is 3.61. The number of hydrogen-bond donors (Lipinski definition) is 0. The van der Waals surface area contributed by atoms with E-state index in [1.807, 2.05) is 31.2 Å². The molecule has 0 spiro atoms. The third kappa shape index (κ3) is 2.02. The van der Waals surface area contributed by atoms with Crippen molar-refractivity contribution < 1.29 is 9.59 Å². The lowest BCUT2D eigenvalue weighted by Crippen LogP contribution is -2.49. The number of carbonyl (C=O) groups is 2. The third-order valence-electron chi connectivity index (χ3n) is 7.17. The summed E-state index contributed by atoms with van der Waals surface area (Å²) in [6.45, 7) is 1.96. The molecule has 4 aliphatic rings. The molecule has 1 fully saturated rings. The van der Waals surface area contributed by atoms with Crippen molar-refractivity contribution in [2.45, 2.75) is 18.8 Å². The highest BCUT2D eigenvalue weighted by molar-refractivity contribution is 6.42. The fourth-order valence-corrected chi connectivity index (χ4v) is 6.28. The first-order valence-electron chi connectivity index (χ1n) is 9.95. The maximum absolute atomic E-state index is 13.9. The van der Waals surface area contributed by atoms with E-state index >= 15 is 0 Å². The van der Waals surface area contributed by atoms with E-state index in [1.165, 1.54) is 4.90 Å². The molecule has 7 rings (SSSR count). The van der Waals surface area contributed by atoms with Gasteiger partial charge in [0.2, 0.25) is 11.8 Å². The molecule has 3 aromatic rings. The van der Waals surface area contributed by atoms with Gasteiger partial charge in [0, 0.05) is 11.8 Å². The van der Waals surface area contributed by atoms with Crippen molar-refractivity contribution in [3.05, 3.63) is 99.0 Å². The monoisotopic (exact) mass is 433 g/mol. The van der Waals surface area contributed by atoms with Gasteiger partial charge in [-0.2, -0.15) is 0 Å². The van der Waals surface area contributed by atoms with E-state index in [1.54, 1.807) is 18.2 Å². The molecule has 3 aromatic carbocycles. The molecule has 0 radical (unpaired) electrons. The molecule has 30 heavy (non-hydrogen) atoms. The number of imide groups is 1. The van der Waals surface area contributed by atoms with Gasteiger partial charge in [-0.1, -0.05) is 71.7 Å². The number of rotatable bonds is 1. The maximum Gasteiger partial charge on any atom is 0.241 e. The first-order valence-corrected chi connectivity index (χ1v) is 10.7. The van der Waals surface area contributed by atoms with Gasteiger partial charge in [-0.15, -0.1) is 0 Å². The summed E-state index contributed by atoms with van der Waals surface area (Å²) in [5, 5.41) is 0.715. The van der Waals surface area contributed by atoms with Crippen molar-refractivity contribution in [3.63, 3.8) is 0 Å². The first-order chi connectivity index (χ1) is 14.4. The van der Waals surface area contributed by atoms with Gasteiger partial charge < -0.3 is 0 Å². The van der Waals surface area contributed by atoms with E-state index in [0.717, 1.165) is 22.3 Å². The van der Waals surface area contributed by atoms with Crippen molar-refractivity contribution in [3.8, 4) is 0 Å². The van der Waals surface area contributed by atoms with Crippen LogP contribution >= 0.6 is 23.2 Å². The van der Waals surface area contributed by atoms with Crippen LogP contribution in [0.3, 0.4) is 0 Å². The van der Waals surface area contributed by atoms with Crippen LogP contribution in [0.5, 0.6) is 0 Å². The van der Waals surface area contributed by atoms with E-state index in [2.05, 4.69) is 24.3 Å². The number of anilines is 1. The van der Waals surface area contributed by atoms with Gasteiger partial charge in [0.25, 0.3) is 0 Å². The highest BCUT2D eigenvalue weighted by Gasteiger charge is 2.68. The van der Waals surface area contributed by atoms with Crippen LogP contribution in [0.15, 0.2) is 66.7 Å². The van der Waals surface area contributed by atoms with E-state index in [0.29, 0.717) is 15.7 Å². The first kappa shape index (κ1) is 18.2. The van der Waals surface area contributed by atoms with Crippen LogP contribution in [0, 0.1) is 11.3 Å². The molecule has 148 valence electrons. The smallest absolute Gasteiger partial charge is 0.241 e. The van der Waals surface area contributed by atoms with E-state index in [4.69, 9.17) is 23.2 Å². The molecule has 2 bridgehead atoms. The summed E-state index contributed by atoms with van der Waals surface area (Å²) in [5.41, 5.74) is 4.23. The summed E-state index contributed by atoms with van der Waals surface area (Å²) in [5.74, 6) is -1.09. The van der Waals surface area contributed by atoms with E-state index < -0.39 is 11.3 Å². The predicted octanol–water partition coefficient (Wildman–Crippen LogP) is 5.78. The van der Waals surface area contributed by atoms with Gasteiger partial charge in [-0.05, 0) is 47.4 Å². The lowest BCUT2D eigenvalue weighted by molar-refractivity contribution is -0.128. The minimum Gasteiger partial charge on any atom is -0.274 e. The van der Waals surface area contributed by atoms with Crippen molar-refractivity contribution in [1.82, 2.24) is 0 Å². The molecule has 0 unspecified atom stereocenters. The van der Waals surface area contributed by atoms with Gasteiger partial charge in [-0.25, -0.2) is 4.90 Å². The number of benzene rings is 3. The maximum atomic E-state index is 13.9. The van der Waals surface area contributed by atoms with Gasteiger partial charge in [0.15, 0.2) is 0 Å². The van der Waals surface area contributed by atoms with Gasteiger partial charge >= 0.3 is 0 Å². The van der Waals surface area contributed by atoms with Crippen LogP contribution in [0.1, 0.15) is 41.0 Å². The van der Waals surface area contributed by atoms with Gasteiger partial charge in [0.1, 0.15) is 0 Å². The van der Waals surface area contributed by atoms with Gasteiger partial charge in [0.05, 0.1) is 27.1 Å². The van der Waals surface area contributed by atoms with Crippen molar-refractivity contribution in [2.75, 3.05) is 4.90 Å². The third-order valence-corrected chi connectivity index (χ3v) is 7.91. The average Bonchev–Trinajstić information content (AvgIpc) is 2.96. The quantitative estimate of drug-likeness (QED) is 0.456. The number of amides is 2. The second-order valence-electron chi connectivity index (χ2n) is 8.51. The fraction of sp³-hybridized carbons (Fsp3) is 0.200.